The van der Waals surface area contributed by atoms with Crippen LogP contribution in [0.25, 0.3) is 11.4 Å². The van der Waals surface area contributed by atoms with Crippen molar-refractivity contribution >= 4 is 0 Å². The molecule has 0 spiro atoms. The minimum Gasteiger partial charge on any atom is -0.361 e. The smallest absolute Gasteiger partial charge is 0.361 e. The molecule has 0 amide bonds. The minimum absolute atomic E-state index is 0.0492. The summed E-state index contributed by atoms with van der Waals surface area (Å²) < 4.78 is 85.6. The van der Waals surface area contributed by atoms with Crippen molar-refractivity contribution in [2.24, 2.45) is 0 Å². The molecule has 0 saturated heterocycles. The van der Waals surface area contributed by atoms with Crippen molar-refractivity contribution in [3.05, 3.63) is 98.5 Å². The molecule has 0 N–H and O–H groups in total. The number of alkyl halides is 5. The average molecular weight is 579 g/mol. The molecule has 0 unspecified atom stereocenters. The number of halogens is 6. The largest absolute Gasteiger partial charge is 0.418 e. The highest BCUT2D eigenvalue weighted by molar-refractivity contribution is 5.60. The lowest BCUT2D eigenvalue weighted by Crippen LogP contribution is -2.30. The molecule has 1 aliphatic carbocycles. The maximum atomic E-state index is 13.6. The monoisotopic (exact) mass is 578 g/mol. The molecular formula is C29H28F6N4O2. The van der Waals surface area contributed by atoms with Gasteiger partial charge in [-0.3, -0.25) is 9.78 Å². The molecule has 1 saturated carbocycles. The molecule has 0 bridgehead atoms. The SMILES string of the molecule is Cc1cccc(F)c1.Cc1onc(-c2cc(C3CCCCC3)c(=O)n(Cc3ncccc3C(F)(F)F)n2)c1C(F)F. The molecule has 5 rings (SSSR count). The summed E-state index contributed by atoms with van der Waals surface area (Å²) in [5.41, 5.74) is -1.41. The number of pyridine rings is 1. The number of hydrogen-bond acceptors (Lipinski definition) is 5. The second-order valence-corrected chi connectivity index (χ2v) is 9.88. The first kappa shape index (κ1) is 30.0. The maximum absolute atomic E-state index is 13.6. The lowest BCUT2D eigenvalue weighted by atomic mass is 9.84. The van der Waals surface area contributed by atoms with Crippen LogP contribution < -0.4 is 5.56 Å². The van der Waals surface area contributed by atoms with Gasteiger partial charge in [-0.25, -0.2) is 17.9 Å². The normalized spacial score (nSPS) is 14.2. The Bertz CT molecular complexity index is 1520. The average Bonchev–Trinajstić information content (AvgIpc) is 3.32. The van der Waals surface area contributed by atoms with Crippen molar-refractivity contribution in [1.29, 1.82) is 0 Å². The van der Waals surface area contributed by atoms with Gasteiger partial charge in [0.15, 0.2) is 0 Å². The summed E-state index contributed by atoms with van der Waals surface area (Å²) in [5.74, 6) is -0.402. The quantitative estimate of drug-likeness (QED) is 0.226. The number of rotatable bonds is 5. The highest BCUT2D eigenvalue weighted by atomic mass is 19.4. The zero-order chi connectivity index (χ0) is 29.7. The van der Waals surface area contributed by atoms with Crippen LogP contribution in [-0.2, 0) is 12.7 Å². The van der Waals surface area contributed by atoms with E-state index in [1.807, 2.05) is 13.0 Å². The van der Waals surface area contributed by atoms with Gasteiger partial charge >= 0.3 is 6.18 Å². The van der Waals surface area contributed by atoms with E-state index in [0.29, 0.717) is 5.56 Å². The van der Waals surface area contributed by atoms with E-state index in [-0.39, 0.29) is 28.9 Å². The third-order valence-electron chi connectivity index (χ3n) is 6.89. The Morgan fingerprint density at radius 2 is 1.78 bits per heavy atom. The van der Waals surface area contributed by atoms with Crippen LogP contribution in [0, 0.1) is 19.7 Å². The summed E-state index contributed by atoms with van der Waals surface area (Å²) in [6.45, 7) is 2.63. The summed E-state index contributed by atoms with van der Waals surface area (Å²) in [7, 11) is 0. The Morgan fingerprint density at radius 3 is 2.39 bits per heavy atom. The summed E-state index contributed by atoms with van der Waals surface area (Å²) in [4.78, 5) is 17.0. The predicted molar refractivity (Wildman–Crippen MR) is 139 cm³/mol. The van der Waals surface area contributed by atoms with Crippen molar-refractivity contribution in [1.82, 2.24) is 19.9 Å². The topological polar surface area (TPSA) is 73.8 Å². The molecule has 218 valence electrons. The van der Waals surface area contributed by atoms with Crippen molar-refractivity contribution in [2.75, 3.05) is 0 Å². The lowest BCUT2D eigenvalue weighted by Gasteiger charge is -2.22. The Hall–Kier alpha value is -3.96. The van der Waals surface area contributed by atoms with E-state index in [4.69, 9.17) is 4.52 Å². The molecule has 0 radical (unpaired) electrons. The lowest BCUT2D eigenvalue weighted by molar-refractivity contribution is -0.138. The fourth-order valence-corrected chi connectivity index (χ4v) is 4.88. The number of benzene rings is 1. The summed E-state index contributed by atoms with van der Waals surface area (Å²) in [6.07, 6.45) is -2.15. The molecule has 1 aliphatic rings. The van der Waals surface area contributed by atoms with Gasteiger partial charge in [0.2, 0.25) is 0 Å². The van der Waals surface area contributed by atoms with Gasteiger partial charge in [-0.15, -0.1) is 0 Å². The number of aryl methyl sites for hydroxylation is 2. The standard InChI is InChI=1S/C22H21F5N4O2.C7H7F/c1-12-18(20(23)24)19(30-33-12)16-10-14(13-6-3-2-4-7-13)21(32)31(29-16)11-17-15(22(25,26)27)8-5-9-28-17;1-6-3-2-4-7(8)5-6/h5,8-10,13,20H,2-4,6-7,11H2,1H3;2-5H,1H3. The van der Waals surface area contributed by atoms with Crippen molar-refractivity contribution in [3.8, 4) is 11.4 Å². The van der Waals surface area contributed by atoms with E-state index in [1.165, 1.54) is 31.3 Å². The first-order valence-electron chi connectivity index (χ1n) is 13.1. The zero-order valence-corrected chi connectivity index (χ0v) is 22.4. The van der Waals surface area contributed by atoms with E-state index < -0.39 is 41.5 Å². The fraction of sp³-hybridized carbons (Fsp3) is 0.379. The summed E-state index contributed by atoms with van der Waals surface area (Å²) in [5, 5.41) is 7.81. The summed E-state index contributed by atoms with van der Waals surface area (Å²) in [6, 6.07) is 9.94. The van der Waals surface area contributed by atoms with Crippen LogP contribution in [0.5, 0.6) is 0 Å². The van der Waals surface area contributed by atoms with Gasteiger partial charge in [-0.2, -0.15) is 18.3 Å². The van der Waals surface area contributed by atoms with E-state index in [9.17, 15) is 31.1 Å². The number of aromatic nitrogens is 4. The Morgan fingerprint density at radius 1 is 1.05 bits per heavy atom. The second-order valence-electron chi connectivity index (χ2n) is 9.88. The predicted octanol–water partition coefficient (Wildman–Crippen LogP) is 7.79. The van der Waals surface area contributed by atoms with Gasteiger partial charge in [0.25, 0.3) is 12.0 Å². The van der Waals surface area contributed by atoms with Crippen LogP contribution in [0.2, 0.25) is 0 Å². The zero-order valence-electron chi connectivity index (χ0n) is 22.4. The van der Waals surface area contributed by atoms with E-state index in [2.05, 4.69) is 15.2 Å². The molecule has 3 heterocycles. The van der Waals surface area contributed by atoms with Crippen molar-refractivity contribution in [2.45, 2.75) is 71.0 Å². The molecule has 1 fully saturated rings. The Balaban J connectivity index is 0.000000417. The third kappa shape index (κ3) is 7.22. The first-order chi connectivity index (χ1) is 19.5. The third-order valence-corrected chi connectivity index (χ3v) is 6.89. The maximum Gasteiger partial charge on any atom is 0.418 e. The van der Waals surface area contributed by atoms with Crippen LogP contribution in [0.15, 0.2) is 58.0 Å². The Labute approximate surface area is 232 Å². The highest BCUT2D eigenvalue weighted by Crippen LogP contribution is 2.36. The molecule has 6 nitrogen and oxygen atoms in total. The molecular weight excluding hydrogens is 550 g/mol. The van der Waals surface area contributed by atoms with Gasteiger partial charge in [-0.05, 0) is 68.5 Å². The van der Waals surface area contributed by atoms with Gasteiger partial charge < -0.3 is 4.52 Å². The van der Waals surface area contributed by atoms with Gasteiger partial charge in [0.1, 0.15) is 23.0 Å². The van der Waals surface area contributed by atoms with Gasteiger partial charge in [0.05, 0.1) is 23.4 Å². The van der Waals surface area contributed by atoms with Crippen LogP contribution in [0.3, 0.4) is 0 Å². The van der Waals surface area contributed by atoms with Crippen LogP contribution in [0.4, 0.5) is 26.3 Å². The molecule has 1 aromatic carbocycles. The molecule has 12 heteroatoms. The van der Waals surface area contributed by atoms with Crippen LogP contribution >= 0.6 is 0 Å². The summed E-state index contributed by atoms with van der Waals surface area (Å²) >= 11 is 0. The van der Waals surface area contributed by atoms with E-state index >= 15 is 0 Å². The fourth-order valence-electron chi connectivity index (χ4n) is 4.88. The highest BCUT2D eigenvalue weighted by Gasteiger charge is 2.34. The van der Waals surface area contributed by atoms with Crippen LogP contribution in [0.1, 0.15) is 78.2 Å². The molecule has 0 atom stereocenters. The number of hydrogen-bond donors (Lipinski definition) is 0. The number of nitrogens with zero attached hydrogens (tertiary/aromatic N) is 4. The van der Waals surface area contributed by atoms with Gasteiger partial charge in [0, 0.05) is 11.8 Å². The van der Waals surface area contributed by atoms with E-state index in [1.54, 1.807) is 6.07 Å². The molecule has 3 aromatic heterocycles. The molecule has 4 aromatic rings. The molecule has 41 heavy (non-hydrogen) atoms. The van der Waals surface area contributed by atoms with Gasteiger partial charge in [-0.1, -0.05) is 36.6 Å². The van der Waals surface area contributed by atoms with Crippen molar-refractivity contribution in [3.63, 3.8) is 0 Å². The van der Waals surface area contributed by atoms with Crippen molar-refractivity contribution < 1.29 is 30.9 Å². The molecule has 0 aliphatic heterocycles. The van der Waals surface area contributed by atoms with Crippen LogP contribution in [-0.4, -0.2) is 19.9 Å². The Kier molecular flexibility index (Phi) is 9.29. The minimum atomic E-state index is -4.68. The van der Waals surface area contributed by atoms with E-state index in [0.717, 1.165) is 54.5 Å². The first-order valence-corrected chi connectivity index (χ1v) is 13.1. The second kappa shape index (κ2) is 12.7.